The molecule has 7 heteroatoms. The zero-order chi connectivity index (χ0) is 26.8. The van der Waals surface area contributed by atoms with Gasteiger partial charge in [0.15, 0.2) is 0 Å². The number of para-hydroxylation sites is 1. The third-order valence-electron chi connectivity index (χ3n) is 5.86. The average molecular weight is 503 g/mol. The van der Waals surface area contributed by atoms with Crippen molar-refractivity contribution in [2.45, 2.75) is 51.6 Å². The van der Waals surface area contributed by atoms with Crippen LogP contribution in [0, 0.1) is 0 Å². The molecule has 194 valence electrons. The lowest BCUT2D eigenvalue weighted by atomic mass is 9.94. The van der Waals surface area contributed by atoms with Gasteiger partial charge in [0, 0.05) is 23.1 Å². The smallest absolute Gasteiger partial charge is 0.303 e. The highest BCUT2D eigenvalue weighted by Gasteiger charge is 2.28. The number of carboxylic acid groups (broad SMARTS) is 1. The van der Waals surface area contributed by atoms with Crippen molar-refractivity contribution >= 4 is 17.8 Å². The van der Waals surface area contributed by atoms with Crippen LogP contribution in [0.15, 0.2) is 78.9 Å². The van der Waals surface area contributed by atoms with Gasteiger partial charge in [-0.05, 0) is 62.9 Å². The van der Waals surface area contributed by atoms with Crippen LogP contribution >= 0.6 is 0 Å². The fraction of sp³-hybridized carbons (Fsp3) is 0.300. The SMILES string of the molecule is CCOc1ccccc1-c1ccc(C(=O)N[C@@H](CCC(=O)O)C(=O)NC(C)(C)Cc2ccccc2)cc1. The predicted octanol–water partition coefficient (Wildman–Crippen LogP) is 4.85. The van der Waals surface area contributed by atoms with Gasteiger partial charge in [-0.15, -0.1) is 0 Å². The minimum Gasteiger partial charge on any atom is -0.493 e. The molecule has 0 radical (unpaired) electrons. The van der Waals surface area contributed by atoms with Gasteiger partial charge < -0.3 is 20.5 Å². The zero-order valence-corrected chi connectivity index (χ0v) is 21.5. The van der Waals surface area contributed by atoms with Crippen molar-refractivity contribution in [2.75, 3.05) is 6.61 Å². The van der Waals surface area contributed by atoms with Gasteiger partial charge in [-0.1, -0.05) is 60.7 Å². The Morgan fingerprint density at radius 1 is 0.919 bits per heavy atom. The maximum absolute atomic E-state index is 13.1. The van der Waals surface area contributed by atoms with Crippen LogP contribution in [0.3, 0.4) is 0 Å². The molecule has 0 saturated heterocycles. The molecule has 3 N–H and O–H groups in total. The van der Waals surface area contributed by atoms with Crippen LogP contribution in [0.4, 0.5) is 0 Å². The Morgan fingerprint density at radius 3 is 2.22 bits per heavy atom. The first-order chi connectivity index (χ1) is 17.7. The Hall–Kier alpha value is -4.13. The minimum atomic E-state index is -1.03. The Labute approximate surface area is 217 Å². The van der Waals surface area contributed by atoms with Crippen molar-refractivity contribution < 1.29 is 24.2 Å². The highest BCUT2D eigenvalue weighted by Crippen LogP contribution is 2.30. The summed E-state index contributed by atoms with van der Waals surface area (Å²) in [7, 11) is 0. The summed E-state index contributed by atoms with van der Waals surface area (Å²) in [6.45, 7) is 6.25. The Bertz CT molecular complexity index is 1210. The highest BCUT2D eigenvalue weighted by molar-refractivity contribution is 5.98. The minimum absolute atomic E-state index is 0.0197. The summed E-state index contributed by atoms with van der Waals surface area (Å²) in [5.74, 6) is -1.15. The molecule has 3 aromatic rings. The molecular formula is C30H34N2O5. The Morgan fingerprint density at radius 2 is 1.57 bits per heavy atom. The van der Waals surface area contributed by atoms with E-state index < -0.39 is 29.4 Å². The second-order valence-electron chi connectivity index (χ2n) is 9.50. The summed E-state index contributed by atoms with van der Waals surface area (Å²) in [5.41, 5.74) is 2.64. The highest BCUT2D eigenvalue weighted by atomic mass is 16.5. The molecule has 0 fully saturated rings. The van der Waals surface area contributed by atoms with E-state index in [1.54, 1.807) is 12.1 Å². The molecule has 3 rings (SSSR count). The summed E-state index contributed by atoms with van der Waals surface area (Å²) < 4.78 is 5.70. The van der Waals surface area contributed by atoms with Crippen LogP contribution in [0.25, 0.3) is 11.1 Å². The Balaban J connectivity index is 1.72. The summed E-state index contributed by atoms with van der Waals surface area (Å²) >= 11 is 0. The van der Waals surface area contributed by atoms with Gasteiger partial charge in [0.1, 0.15) is 11.8 Å². The molecule has 2 amide bonds. The molecular weight excluding hydrogens is 468 g/mol. The topological polar surface area (TPSA) is 105 Å². The van der Waals surface area contributed by atoms with E-state index in [1.165, 1.54) is 0 Å². The number of benzene rings is 3. The van der Waals surface area contributed by atoms with Crippen molar-refractivity contribution in [1.82, 2.24) is 10.6 Å². The molecule has 37 heavy (non-hydrogen) atoms. The van der Waals surface area contributed by atoms with Gasteiger partial charge in [0.05, 0.1) is 6.61 Å². The first-order valence-corrected chi connectivity index (χ1v) is 12.4. The normalized spacial score (nSPS) is 11.9. The van der Waals surface area contributed by atoms with E-state index in [-0.39, 0.29) is 12.8 Å². The van der Waals surface area contributed by atoms with Crippen LogP contribution in [0.2, 0.25) is 0 Å². The number of carbonyl (C=O) groups excluding carboxylic acids is 2. The molecule has 3 aromatic carbocycles. The number of rotatable bonds is 12. The molecule has 0 saturated carbocycles. The molecule has 1 atom stereocenters. The summed E-state index contributed by atoms with van der Waals surface area (Å²) in [6.07, 6.45) is 0.322. The number of carboxylic acids is 1. The van der Waals surface area contributed by atoms with E-state index in [2.05, 4.69) is 10.6 Å². The first-order valence-electron chi connectivity index (χ1n) is 12.4. The van der Waals surface area contributed by atoms with Crippen molar-refractivity contribution in [2.24, 2.45) is 0 Å². The summed E-state index contributed by atoms with van der Waals surface area (Å²) in [4.78, 5) is 37.3. The Kier molecular flexibility index (Phi) is 9.44. The van der Waals surface area contributed by atoms with E-state index >= 15 is 0 Å². The fourth-order valence-corrected chi connectivity index (χ4v) is 4.14. The lowest BCUT2D eigenvalue weighted by Gasteiger charge is -2.29. The second kappa shape index (κ2) is 12.7. The van der Waals surface area contributed by atoms with Crippen LogP contribution in [0.1, 0.15) is 49.5 Å². The molecule has 0 unspecified atom stereocenters. The second-order valence-corrected chi connectivity index (χ2v) is 9.50. The maximum atomic E-state index is 13.1. The number of nitrogens with one attached hydrogen (secondary N) is 2. The van der Waals surface area contributed by atoms with E-state index in [9.17, 15) is 14.4 Å². The first kappa shape index (κ1) is 27.5. The molecule has 0 aliphatic heterocycles. The van der Waals surface area contributed by atoms with E-state index in [0.29, 0.717) is 18.6 Å². The standard InChI is InChI=1S/C30H34N2O5/c1-4-37-26-13-9-8-12-24(26)22-14-16-23(17-15-22)28(35)31-25(18-19-27(33)34)29(36)32-30(2,3)20-21-10-6-5-7-11-21/h5-17,25H,4,18-20H2,1-3H3,(H,31,35)(H,32,36)(H,33,34)/t25-/m0/s1. The van der Waals surface area contributed by atoms with Gasteiger partial charge in [-0.25, -0.2) is 0 Å². The predicted molar refractivity (Wildman–Crippen MR) is 144 cm³/mol. The third kappa shape index (κ3) is 8.20. The van der Waals surface area contributed by atoms with Gasteiger partial charge in [0.25, 0.3) is 5.91 Å². The lowest BCUT2D eigenvalue weighted by Crippen LogP contribution is -2.54. The van der Waals surface area contributed by atoms with Gasteiger partial charge in [-0.2, -0.15) is 0 Å². The molecule has 0 aliphatic carbocycles. The molecule has 0 aliphatic rings. The van der Waals surface area contributed by atoms with Crippen LogP contribution < -0.4 is 15.4 Å². The van der Waals surface area contributed by atoms with E-state index in [1.807, 2.05) is 87.5 Å². The van der Waals surface area contributed by atoms with Crippen LogP contribution in [0.5, 0.6) is 5.75 Å². The van der Waals surface area contributed by atoms with Gasteiger partial charge in [-0.3, -0.25) is 14.4 Å². The number of amides is 2. The number of carbonyl (C=O) groups is 3. The largest absolute Gasteiger partial charge is 0.493 e. The number of hydrogen-bond donors (Lipinski definition) is 3. The van der Waals surface area contributed by atoms with Gasteiger partial charge in [0.2, 0.25) is 5.91 Å². The van der Waals surface area contributed by atoms with Crippen molar-refractivity contribution in [3.05, 3.63) is 90.0 Å². The number of ether oxygens (including phenoxy) is 1. The van der Waals surface area contributed by atoms with Crippen molar-refractivity contribution in [3.8, 4) is 16.9 Å². The lowest BCUT2D eigenvalue weighted by molar-refractivity contribution is -0.137. The third-order valence-corrected chi connectivity index (χ3v) is 5.86. The van der Waals surface area contributed by atoms with E-state index in [0.717, 1.165) is 22.4 Å². The fourth-order valence-electron chi connectivity index (χ4n) is 4.14. The zero-order valence-electron chi connectivity index (χ0n) is 21.5. The van der Waals surface area contributed by atoms with E-state index in [4.69, 9.17) is 9.84 Å². The molecule has 0 spiro atoms. The summed E-state index contributed by atoms with van der Waals surface area (Å²) in [5, 5.41) is 14.9. The van der Waals surface area contributed by atoms with Crippen LogP contribution in [-0.2, 0) is 16.0 Å². The molecule has 7 nitrogen and oxygen atoms in total. The number of hydrogen-bond acceptors (Lipinski definition) is 4. The molecule has 0 bridgehead atoms. The maximum Gasteiger partial charge on any atom is 0.303 e. The van der Waals surface area contributed by atoms with Crippen molar-refractivity contribution in [3.63, 3.8) is 0 Å². The van der Waals surface area contributed by atoms with Gasteiger partial charge >= 0.3 is 5.97 Å². The summed E-state index contributed by atoms with van der Waals surface area (Å²) in [6, 6.07) is 23.4. The monoisotopic (exact) mass is 502 g/mol. The molecule has 0 heterocycles. The molecule has 0 aromatic heterocycles. The quantitative estimate of drug-likeness (QED) is 0.328. The number of aliphatic carboxylic acids is 1. The van der Waals surface area contributed by atoms with Crippen molar-refractivity contribution in [1.29, 1.82) is 0 Å². The van der Waals surface area contributed by atoms with Crippen LogP contribution in [-0.4, -0.2) is 41.1 Å². The average Bonchev–Trinajstić information content (AvgIpc) is 2.87.